The van der Waals surface area contributed by atoms with Gasteiger partial charge in [0.25, 0.3) is 0 Å². The molecule has 1 heterocycles. The maximum Gasteiger partial charge on any atom is 0.118 e. The van der Waals surface area contributed by atoms with E-state index in [1.54, 1.807) is 7.11 Å². The summed E-state index contributed by atoms with van der Waals surface area (Å²) >= 11 is 1.86. The van der Waals surface area contributed by atoms with Crippen molar-refractivity contribution in [1.29, 1.82) is 0 Å². The van der Waals surface area contributed by atoms with Crippen LogP contribution in [0, 0.1) is 5.92 Å². The van der Waals surface area contributed by atoms with E-state index in [1.165, 1.54) is 23.3 Å². The molecule has 3 heteroatoms. The molecule has 0 aliphatic heterocycles. The van der Waals surface area contributed by atoms with E-state index in [0.29, 0.717) is 6.04 Å². The lowest BCUT2D eigenvalue weighted by atomic mass is 10.1. The molecule has 0 spiro atoms. The van der Waals surface area contributed by atoms with Gasteiger partial charge in [-0.15, -0.1) is 11.3 Å². The number of nitrogens with one attached hydrogen (secondary N) is 1. The molecule has 1 aliphatic carbocycles. The SMILES string of the molecule is COc1ccc(CNC(c2cccs2)C2CC2)cc1. The molecule has 1 N–H and O–H groups in total. The lowest BCUT2D eigenvalue weighted by molar-refractivity contribution is 0.414. The van der Waals surface area contributed by atoms with Crippen LogP contribution in [0.2, 0.25) is 0 Å². The summed E-state index contributed by atoms with van der Waals surface area (Å²) in [6, 6.07) is 13.2. The second-order valence-electron chi connectivity index (χ2n) is 5.06. The van der Waals surface area contributed by atoms with Gasteiger partial charge in [0.2, 0.25) is 0 Å². The molecular weight excluding hydrogens is 254 g/mol. The monoisotopic (exact) mass is 273 g/mol. The standard InChI is InChI=1S/C16H19NOS/c1-18-14-8-4-12(5-9-14)11-17-16(13-6-7-13)15-3-2-10-19-15/h2-5,8-10,13,16-17H,6-7,11H2,1H3. The van der Waals surface area contributed by atoms with Gasteiger partial charge < -0.3 is 10.1 Å². The number of hydrogen-bond acceptors (Lipinski definition) is 3. The average molecular weight is 273 g/mol. The Kier molecular flexibility index (Phi) is 3.85. The van der Waals surface area contributed by atoms with Crippen molar-refractivity contribution in [3.8, 4) is 5.75 Å². The summed E-state index contributed by atoms with van der Waals surface area (Å²) in [5, 5.41) is 5.87. The quantitative estimate of drug-likeness (QED) is 0.859. The van der Waals surface area contributed by atoms with E-state index in [1.807, 2.05) is 23.5 Å². The third kappa shape index (κ3) is 3.17. The minimum atomic E-state index is 0.530. The van der Waals surface area contributed by atoms with Crippen LogP contribution in [0.1, 0.15) is 29.3 Å². The molecule has 2 nitrogen and oxygen atoms in total. The van der Waals surface area contributed by atoms with E-state index < -0.39 is 0 Å². The molecule has 1 saturated carbocycles. The summed E-state index contributed by atoms with van der Waals surface area (Å²) in [7, 11) is 1.70. The summed E-state index contributed by atoms with van der Waals surface area (Å²) in [5.41, 5.74) is 1.31. The lowest BCUT2D eigenvalue weighted by Crippen LogP contribution is -2.21. The van der Waals surface area contributed by atoms with E-state index in [4.69, 9.17) is 4.74 Å². The van der Waals surface area contributed by atoms with Crippen molar-refractivity contribution < 1.29 is 4.74 Å². The molecule has 1 aromatic heterocycles. The Balaban J connectivity index is 1.63. The van der Waals surface area contributed by atoms with E-state index in [-0.39, 0.29) is 0 Å². The Morgan fingerprint density at radius 3 is 2.63 bits per heavy atom. The zero-order valence-corrected chi connectivity index (χ0v) is 12.0. The Bertz CT molecular complexity index is 502. The topological polar surface area (TPSA) is 21.3 Å². The van der Waals surface area contributed by atoms with Crippen LogP contribution in [0.5, 0.6) is 5.75 Å². The zero-order chi connectivity index (χ0) is 13.1. The van der Waals surface area contributed by atoms with Crippen LogP contribution in [0.4, 0.5) is 0 Å². The van der Waals surface area contributed by atoms with Crippen molar-refractivity contribution in [3.63, 3.8) is 0 Å². The van der Waals surface area contributed by atoms with Crippen LogP contribution in [-0.4, -0.2) is 7.11 Å². The molecule has 100 valence electrons. The highest BCUT2D eigenvalue weighted by atomic mass is 32.1. The van der Waals surface area contributed by atoms with Gasteiger partial charge >= 0.3 is 0 Å². The van der Waals surface area contributed by atoms with Gasteiger partial charge in [-0.3, -0.25) is 0 Å². The summed E-state index contributed by atoms with van der Waals surface area (Å²) in [6.45, 7) is 0.920. The van der Waals surface area contributed by atoms with Crippen molar-refractivity contribution in [1.82, 2.24) is 5.32 Å². The van der Waals surface area contributed by atoms with Gasteiger partial charge in [0.15, 0.2) is 0 Å². The molecular formula is C16H19NOS. The molecule has 3 rings (SSSR count). The van der Waals surface area contributed by atoms with Crippen LogP contribution >= 0.6 is 11.3 Å². The fourth-order valence-electron chi connectivity index (χ4n) is 2.37. The van der Waals surface area contributed by atoms with Crippen molar-refractivity contribution in [3.05, 3.63) is 52.2 Å². The molecule has 19 heavy (non-hydrogen) atoms. The van der Waals surface area contributed by atoms with Crippen LogP contribution in [0.25, 0.3) is 0 Å². The Morgan fingerprint density at radius 1 is 1.26 bits per heavy atom. The number of ether oxygens (including phenoxy) is 1. The van der Waals surface area contributed by atoms with Gasteiger partial charge in [-0.1, -0.05) is 18.2 Å². The normalized spacial score (nSPS) is 16.3. The minimum Gasteiger partial charge on any atom is -0.497 e. The highest BCUT2D eigenvalue weighted by Gasteiger charge is 2.32. The highest BCUT2D eigenvalue weighted by Crippen LogP contribution is 2.42. The number of thiophene rings is 1. The predicted octanol–water partition coefficient (Wildman–Crippen LogP) is 4.00. The first-order chi connectivity index (χ1) is 9.36. The summed E-state index contributed by atoms with van der Waals surface area (Å²) < 4.78 is 5.18. The molecule has 1 aliphatic rings. The highest BCUT2D eigenvalue weighted by molar-refractivity contribution is 7.10. The molecule has 0 saturated heterocycles. The van der Waals surface area contributed by atoms with Gasteiger partial charge in [-0.2, -0.15) is 0 Å². The third-order valence-corrected chi connectivity index (χ3v) is 4.58. The molecule has 0 amide bonds. The second-order valence-corrected chi connectivity index (χ2v) is 6.04. The molecule has 1 unspecified atom stereocenters. The first kappa shape index (κ1) is 12.7. The number of methoxy groups -OCH3 is 1. The largest absolute Gasteiger partial charge is 0.497 e. The van der Waals surface area contributed by atoms with Crippen LogP contribution < -0.4 is 10.1 Å². The van der Waals surface area contributed by atoms with Gasteiger partial charge in [0.1, 0.15) is 5.75 Å². The van der Waals surface area contributed by atoms with Gasteiger partial charge in [-0.05, 0) is 47.9 Å². The fraction of sp³-hybridized carbons (Fsp3) is 0.375. The predicted molar refractivity (Wildman–Crippen MR) is 79.6 cm³/mol. The Hall–Kier alpha value is -1.32. The number of hydrogen-bond donors (Lipinski definition) is 1. The first-order valence-corrected chi connectivity index (χ1v) is 7.64. The molecule has 1 aromatic carbocycles. The second kappa shape index (κ2) is 5.76. The maximum atomic E-state index is 5.18. The average Bonchev–Trinajstić information content (AvgIpc) is 3.14. The van der Waals surface area contributed by atoms with Gasteiger partial charge in [0, 0.05) is 17.5 Å². The Labute approximate surface area is 118 Å². The third-order valence-electron chi connectivity index (χ3n) is 3.63. The van der Waals surface area contributed by atoms with E-state index in [9.17, 15) is 0 Å². The Morgan fingerprint density at radius 2 is 2.05 bits per heavy atom. The van der Waals surface area contributed by atoms with Gasteiger partial charge in [0.05, 0.1) is 7.11 Å². The summed E-state index contributed by atoms with van der Waals surface area (Å²) in [6.07, 6.45) is 2.72. The summed E-state index contributed by atoms with van der Waals surface area (Å²) in [5.74, 6) is 1.75. The zero-order valence-electron chi connectivity index (χ0n) is 11.1. The number of benzene rings is 1. The van der Waals surface area contributed by atoms with E-state index in [0.717, 1.165) is 18.2 Å². The van der Waals surface area contributed by atoms with E-state index in [2.05, 4.69) is 35.0 Å². The molecule has 2 aromatic rings. The smallest absolute Gasteiger partial charge is 0.118 e. The van der Waals surface area contributed by atoms with Crippen LogP contribution in [-0.2, 0) is 6.54 Å². The van der Waals surface area contributed by atoms with Crippen molar-refractivity contribution in [2.45, 2.75) is 25.4 Å². The van der Waals surface area contributed by atoms with Gasteiger partial charge in [-0.25, -0.2) is 0 Å². The molecule has 0 radical (unpaired) electrons. The maximum absolute atomic E-state index is 5.18. The van der Waals surface area contributed by atoms with Crippen molar-refractivity contribution >= 4 is 11.3 Å². The van der Waals surface area contributed by atoms with Crippen LogP contribution in [0.3, 0.4) is 0 Å². The first-order valence-electron chi connectivity index (χ1n) is 6.76. The summed E-state index contributed by atoms with van der Waals surface area (Å²) in [4.78, 5) is 1.47. The lowest BCUT2D eigenvalue weighted by Gasteiger charge is -2.17. The minimum absolute atomic E-state index is 0.530. The molecule has 1 fully saturated rings. The number of rotatable bonds is 6. The van der Waals surface area contributed by atoms with Crippen molar-refractivity contribution in [2.24, 2.45) is 5.92 Å². The van der Waals surface area contributed by atoms with Crippen molar-refractivity contribution in [2.75, 3.05) is 7.11 Å². The molecule has 0 bridgehead atoms. The van der Waals surface area contributed by atoms with E-state index >= 15 is 0 Å². The fourth-order valence-corrected chi connectivity index (χ4v) is 3.26. The van der Waals surface area contributed by atoms with Crippen LogP contribution in [0.15, 0.2) is 41.8 Å². The molecule has 1 atom stereocenters.